The van der Waals surface area contributed by atoms with Gasteiger partial charge in [-0.05, 0) is 43.4 Å². The van der Waals surface area contributed by atoms with Gasteiger partial charge in [-0.2, -0.15) is 0 Å². The van der Waals surface area contributed by atoms with Crippen LogP contribution in [0, 0.1) is 5.92 Å². The number of hydrogen-bond donors (Lipinski definition) is 1. The molecule has 1 fully saturated rings. The number of carbonyl (C=O) groups excluding carboxylic acids is 1. The van der Waals surface area contributed by atoms with Crippen molar-refractivity contribution in [2.45, 2.75) is 39.0 Å². The van der Waals surface area contributed by atoms with E-state index in [1.54, 1.807) is 30.2 Å². The molecule has 1 aromatic rings. The number of unbranched alkanes of at least 4 members (excludes halogenated alkanes) is 1. The second-order valence-corrected chi connectivity index (χ2v) is 6.40. The Morgan fingerprint density at radius 2 is 1.96 bits per heavy atom. The Kier molecular flexibility index (Phi) is 7.10. The van der Waals surface area contributed by atoms with Gasteiger partial charge < -0.3 is 19.5 Å². The number of ether oxygens (including phenoxy) is 2. The molecule has 0 atom stereocenters. The first-order valence-corrected chi connectivity index (χ1v) is 8.87. The second kappa shape index (κ2) is 9.30. The van der Waals surface area contributed by atoms with Gasteiger partial charge in [-0.15, -0.1) is 0 Å². The van der Waals surface area contributed by atoms with Crippen molar-refractivity contribution in [1.29, 1.82) is 0 Å². The number of carbonyl (C=O) groups is 2. The summed E-state index contributed by atoms with van der Waals surface area (Å²) in [6.45, 7) is 3.90. The van der Waals surface area contributed by atoms with Crippen molar-refractivity contribution >= 4 is 11.9 Å². The highest BCUT2D eigenvalue weighted by Gasteiger charge is 2.25. The monoisotopic (exact) mass is 349 g/mol. The largest absolute Gasteiger partial charge is 0.493 e. The molecule has 0 aromatic heterocycles. The lowest BCUT2D eigenvalue weighted by Crippen LogP contribution is -2.38. The lowest BCUT2D eigenvalue weighted by atomic mass is 9.93. The van der Waals surface area contributed by atoms with Gasteiger partial charge >= 0.3 is 5.97 Å². The molecule has 6 heteroatoms. The molecule has 25 heavy (non-hydrogen) atoms. The molecule has 0 saturated carbocycles. The minimum Gasteiger partial charge on any atom is -0.493 e. The van der Waals surface area contributed by atoms with Crippen molar-refractivity contribution in [2.75, 3.05) is 26.8 Å². The van der Waals surface area contributed by atoms with Crippen molar-refractivity contribution in [3.8, 4) is 11.5 Å². The van der Waals surface area contributed by atoms with E-state index < -0.39 is 5.97 Å². The van der Waals surface area contributed by atoms with Crippen LogP contribution in [0.4, 0.5) is 0 Å². The van der Waals surface area contributed by atoms with E-state index in [0.29, 0.717) is 36.8 Å². The normalized spacial score (nSPS) is 15.0. The standard InChI is InChI=1S/C19H27NO5/c1-3-4-11-25-16-6-5-15(13-17(16)24-2)19(23)20-9-7-14(8-10-20)12-18(21)22/h5-6,13-14H,3-4,7-12H2,1-2H3,(H,21,22). The SMILES string of the molecule is CCCCOc1ccc(C(=O)N2CCC(CC(=O)O)CC2)cc1OC. The Balaban J connectivity index is 1.98. The number of amides is 1. The Labute approximate surface area is 148 Å². The first kappa shape index (κ1) is 19.1. The van der Waals surface area contributed by atoms with Gasteiger partial charge in [0.25, 0.3) is 5.91 Å². The molecule has 1 aliphatic rings. The minimum absolute atomic E-state index is 0.0489. The molecule has 0 bridgehead atoms. The van der Waals surface area contributed by atoms with Crippen LogP contribution < -0.4 is 9.47 Å². The van der Waals surface area contributed by atoms with Crippen LogP contribution in [-0.2, 0) is 4.79 Å². The third-order valence-corrected chi connectivity index (χ3v) is 4.53. The number of likely N-dealkylation sites (tertiary alicyclic amines) is 1. The second-order valence-electron chi connectivity index (χ2n) is 6.40. The number of benzene rings is 1. The van der Waals surface area contributed by atoms with Crippen molar-refractivity contribution in [3.05, 3.63) is 23.8 Å². The average Bonchev–Trinajstić information content (AvgIpc) is 2.61. The maximum absolute atomic E-state index is 12.7. The fourth-order valence-electron chi connectivity index (χ4n) is 3.02. The fourth-order valence-corrected chi connectivity index (χ4v) is 3.02. The van der Waals surface area contributed by atoms with Gasteiger partial charge in [-0.3, -0.25) is 9.59 Å². The number of nitrogens with zero attached hydrogens (tertiary/aromatic N) is 1. The number of aliphatic carboxylic acids is 1. The van der Waals surface area contributed by atoms with Crippen LogP contribution in [0.1, 0.15) is 49.4 Å². The lowest BCUT2D eigenvalue weighted by Gasteiger charge is -2.31. The summed E-state index contributed by atoms with van der Waals surface area (Å²) in [6.07, 6.45) is 3.66. The topological polar surface area (TPSA) is 76.1 Å². The lowest BCUT2D eigenvalue weighted by molar-refractivity contribution is -0.138. The molecule has 6 nitrogen and oxygen atoms in total. The molecule has 1 aromatic carbocycles. The van der Waals surface area contributed by atoms with E-state index in [1.165, 1.54) is 0 Å². The molecule has 138 valence electrons. The molecule has 2 rings (SSSR count). The molecule has 1 aliphatic heterocycles. The molecule has 1 amide bonds. The van der Waals surface area contributed by atoms with Crippen molar-refractivity contribution in [3.63, 3.8) is 0 Å². The zero-order valence-electron chi connectivity index (χ0n) is 15.0. The van der Waals surface area contributed by atoms with E-state index in [-0.39, 0.29) is 18.2 Å². The highest BCUT2D eigenvalue weighted by atomic mass is 16.5. The Morgan fingerprint density at radius 3 is 2.56 bits per heavy atom. The van der Waals surface area contributed by atoms with E-state index in [9.17, 15) is 9.59 Å². The summed E-state index contributed by atoms with van der Waals surface area (Å²) >= 11 is 0. The van der Waals surface area contributed by atoms with Crippen LogP contribution in [0.15, 0.2) is 18.2 Å². The Morgan fingerprint density at radius 1 is 1.24 bits per heavy atom. The summed E-state index contributed by atoms with van der Waals surface area (Å²) in [5.41, 5.74) is 0.566. The third-order valence-electron chi connectivity index (χ3n) is 4.53. The van der Waals surface area contributed by atoms with Gasteiger partial charge in [0, 0.05) is 25.1 Å². The summed E-state index contributed by atoms with van der Waals surface area (Å²) in [6, 6.07) is 5.25. The number of rotatable bonds is 8. The number of piperidine rings is 1. The van der Waals surface area contributed by atoms with Gasteiger partial charge in [0.2, 0.25) is 0 Å². The van der Waals surface area contributed by atoms with Crippen LogP contribution in [0.3, 0.4) is 0 Å². The number of methoxy groups -OCH3 is 1. The molecule has 0 radical (unpaired) electrons. The highest BCUT2D eigenvalue weighted by Crippen LogP contribution is 2.29. The van der Waals surface area contributed by atoms with Crippen LogP contribution in [0.5, 0.6) is 11.5 Å². The molecular weight excluding hydrogens is 322 g/mol. The van der Waals surface area contributed by atoms with Crippen LogP contribution >= 0.6 is 0 Å². The van der Waals surface area contributed by atoms with E-state index in [0.717, 1.165) is 25.7 Å². The van der Waals surface area contributed by atoms with Crippen molar-refractivity contribution in [2.24, 2.45) is 5.92 Å². The molecule has 1 heterocycles. The summed E-state index contributed by atoms with van der Waals surface area (Å²) < 4.78 is 11.0. The highest BCUT2D eigenvalue weighted by molar-refractivity contribution is 5.95. The summed E-state index contributed by atoms with van der Waals surface area (Å²) in [7, 11) is 1.56. The molecule has 1 N–H and O–H groups in total. The van der Waals surface area contributed by atoms with Gasteiger partial charge in [0.15, 0.2) is 11.5 Å². The molecule has 0 spiro atoms. The van der Waals surface area contributed by atoms with E-state index in [1.807, 2.05) is 0 Å². The van der Waals surface area contributed by atoms with Gasteiger partial charge in [0.05, 0.1) is 13.7 Å². The van der Waals surface area contributed by atoms with E-state index in [4.69, 9.17) is 14.6 Å². The number of carboxylic acids is 1. The van der Waals surface area contributed by atoms with E-state index in [2.05, 4.69) is 6.92 Å². The fraction of sp³-hybridized carbons (Fsp3) is 0.579. The smallest absolute Gasteiger partial charge is 0.303 e. The summed E-state index contributed by atoms with van der Waals surface area (Å²) in [5.74, 6) is 0.543. The zero-order chi connectivity index (χ0) is 18.2. The van der Waals surface area contributed by atoms with Crippen LogP contribution in [0.25, 0.3) is 0 Å². The quantitative estimate of drug-likeness (QED) is 0.729. The zero-order valence-corrected chi connectivity index (χ0v) is 15.0. The third kappa shape index (κ3) is 5.37. The van der Waals surface area contributed by atoms with Gasteiger partial charge in [0.1, 0.15) is 0 Å². The average molecular weight is 349 g/mol. The maximum atomic E-state index is 12.7. The first-order valence-electron chi connectivity index (χ1n) is 8.87. The first-order chi connectivity index (χ1) is 12.0. The number of hydrogen-bond acceptors (Lipinski definition) is 4. The van der Waals surface area contributed by atoms with Crippen LogP contribution in [-0.4, -0.2) is 48.7 Å². The van der Waals surface area contributed by atoms with Gasteiger partial charge in [-0.25, -0.2) is 0 Å². The Hall–Kier alpha value is -2.24. The van der Waals surface area contributed by atoms with Gasteiger partial charge in [-0.1, -0.05) is 13.3 Å². The molecule has 0 aliphatic carbocycles. The number of carboxylic acid groups (broad SMARTS) is 1. The summed E-state index contributed by atoms with van der Waals surface area (Å²) in [5, 5.41) is 8.87. The summed E-state index contributed by atoms with van der Waals surface area (Å²) in [4.78, 5) is 25.3. The van der Waals surface area contributed by atoms with Crippen molar-refractivity contribution in [1.82, 2.24) is 4.90 Å². The molecule has 0 unspecified atom stereocenters. The minimum atomic E-state index is -0.770. The molecular formula is C19H27NO5. The maximum Gasteiger partial charge on any atom is 0.303 e. The van der Waals surface area contributed by atoms with Crippen molar-refractivity contribution < 1.29 is 24.2 Å². The van der Waals surface area contributed by atoms with Crippen LogP contribution in [0.2, 0.25) is 0 Å². The predicted octanol–water partition coefficient (Wildman–Crippen LogP) is 3.20. The molecule has 1 saturated heterocycles. The van der Waals surface area contributed by atoms with E-state index >= 15 is 0 Å². The Bertz CT molecular complexity index is 593. The predicted molar refractivity (Wildman–Crippen MR) is 94.3 cm³/mol.